The molecule has 0 unspecified atom stereocenters. The summed E-state index contributed by atoms with van der Waals surface area (Å²) in [4.78, 5) is 35.6. The lowest BCUT2D eigenvalue weighted by molar-refractivity contribution is 0.777. The average Bonchev–Trinajstić information content (AvgIpc) is 2.65. The third-order valence-corrected chi connectivity index (χ3v) is 2.98. The lowest BCUT2D eigenvalue weighted by Gasteiger charge is -2.02. The van der Waals surface area contributed by atoms with Crippen molar-refractivity contribution in [3.05, 3.63) is 49.8 Å². The average molecular weight is 271 g/mol. The highest BCUT2D eigenvalue weighted by atomic mass is 16.1. The summed E-state index contributed by atoms with van der Waals surface area (Å²) in [6, 6.07) is 3.21. The van der Waals surface area contributed by atoms with E-state index in [1.54, 1.807) is 6.92 Å². The lowest BCUT2D eigenvalue weighted by atomic mass is 10.3. The van der Waals surface area contributed by atoms with E-state index in [1.165, 1.54) is 10.7 Å². The number of aromatic nitrogens is 5. The van der Waals surface area contributed by atoms with Gasteiger partial charge in [-0.25, -0.2) is 9.97 Å². The highest BCUT2D eigenvalue weighted by Crippen LogP contribution is 2.05. The maximum Gasteiger partial charge on any atom is 0.287 e. The van der Waals surface area contributed by atoms with Crippen LogP contribution in [0.4, 0.5) is 0 Å². The summed E-state index contributed by atoms with van der Waals surface area (Å²) in [5.74, 6) is 0.231. The van der Waals surface area contributed by atoms with Crippen molar-refractivity contribution in [2.24, 2.45) is 0 Å². The van der Waals surface area contributed by atoms with Crippen molar-refractivity contribution in [3.8, 4) is 5.95 Å². The SMILES string of the molecule is Cc1cc(C)nc(-n2[nH]c3[nH]c(C)cc(=O)c3c2=O)n1. The number of fused-ring (bicyclic) bond motifs is 1. The van der Waals surface area contributed by atoms with Gasteiger partial charge in [-0.1, -0.05) is 0 Å². The van der Waals surface area contributed by atoms with E-state index in [-0.39, 0.29) is 16.8 Å². The Kier molecular flexibility index (Phi) is 2.56. The number of nitrogens with zero attached hydrogens (tertiary/aromatic N) is 3. The van der Waals surface area contributed by atoms with Gasteiger partial charge >= 0.3 is 0 Å². The van der Waals surface area contributed by atoms with Crippen molar-refractivity contribution >= 4 is 11.0 Å². The first-order chi connectivity index (χ1) is 9.45. The summed E-state index contributed by atoms with van der Waals surface area (Å²) < 4.78 is 1.18. The molecule has 0 aliphatic heterocycles. The van der Waals surface area contributed by atoms with Crippen LogP contribution in [0.25, 0.3) is 17.0 Å². The van der Waals surface area contributed by atoms with E-state index in [0.717, 1.165) is 11.4 Å². The molecule has 3 heterocycles. The van der Waals surface area contributed by atoms with Crippen LogP contribution in [-0.4, -0.2) is 24.7 Å². The van der Waals surface area contributed by atoms with Crippen molar-refractivity contribution in [3.63, 3.8) is 0 Å². The highest BCUT2D eigenvalue weighted by molar-refractivity contribution is 5.74. The van der Waals surface area contributed by atoms with E-state index in [2.05, 4.69) is 20.1 Å². The minimum Gasteiger partial charge on any atom is -0.344 e. The molecule has 3 rings (SSSR count). The van der Waals surface area contributed by atoms with Crippen molar-refractivity contribution in [2.75, 3.05) is 0 Å². The standard InChI is InChI=1S/C13H13N5O2/c1-6-4-7(2)16-13(15-6)18-12(20)10-9(19)5-8(3)14-11(10)17-18/h4-5H,1-3H3,(H2,14,17,19). The summed E-state index contributed by atoms with van der Waals surface area (Å²) in [5.41, 5.74) is 1.79. The molecule has 3 aromatic heterocycles. The highest BCUT2D eigenvalue weighted by Gasteiger charge is 2.14. The molecule has 7 nitrogen and oxygen atoms in total. The molecular weight excluding hydrogens is 258 g/mol. The molecule has 102 valence electrons. The van der Waals surface area contributed by atoms with Crippen molar-refractivity contribution in [1.29, 1.82) is 0 Å². The Balaban J connectivity index is 2.38. The fourth-order valence-electron chi connectivity index (χ4n) is 2.21. The van der Waals surface area contributed by atoms with E-state index in [9.17, 15) is 9.59 Å². The van der Waals surface area contributed by atoms with Gasteiger partial charge in [0.2, 0.25) is 0 Å². The molecular formula is C13H13N5O2. The Hall–Kier alpha value is -2.70. The number of aromatic amines is 2. The summed E-state index contributed by atoms with van der Waals surface area (Å²) in [5, 5.41) is 2.92. The predicted octanol–water partition coefficient (Wildman–Crippen LogP) is 0.722. The molecule has 0 fully saturated rings. The maximum absolute atomic E-state index is 12.3. The number of H-pyrrole nitrogens is 2. The van der Waals surface area contributed by atoms with E-state index in [0.29, 0.717) is 11.3 Å². The van der Waals surface area contributed by atoms with Crippen LogP contribution in [0.15, 0.2) is 21.7 Å². The molecule has 7 heteroatoms. The minimum atomic E-state index is -0.453. The van der Waals surface area contributed by atoms with Crippen LogP contribution in [0.3, 0.4) is 0 Å². The van der Waals surface area contributed by atoms with Gasteiger partial charge in [-0.2, -0.15) is 4.68 Å². The zero-order valence-corrected chi connectivity index (χ0v) is 11.3. The van der Waals surface area contributed by atoms with Gasteiger partial charge in [0, 0.05) is 23.1 Å². The molecule has 3 aromatic rings. The molecule has 0 aliphatic carbocycles. The Bertz CT molecular complexity index is 912. The van der Waals surface area contributed by atoms with Gasteiger partial charge in [0.25, 0.3) is 11.5 Å². The molecule has 0 amide bonds. The number of aryl methyl sites for hydroxylation is 3. The minimum absolute atomic E-state index is 0.0818. The van der Waals surface area contributed by atoms with Crippen molar-refractivity contribution in [2.45, 2.75) is 20.8 Å². The summed E-state index contributed by atoms with van der Waals surface area (Å²) >= 11 is 0. The van der Waals surface area contributed by atoms with Gasteiger partial charge in [-0.15, -0.1) is 0 Å². The van der Waals surface area contributed by atoms with Crippen LogP contribution < -0.4 is 11.0 Å². The fourth-order valence-corrected chi connectivity index (χ4v) is 2.21. The maximum atomic E-state index is 12.3. The number of nitrogens with one attached hydrogen (secondary N) is 2. The summed E-state index contributed by atoms with van der Waals surface area (Å²) in [6.07, 6.45) is 0. The molecule has 0 bridgehead atoms. The third-order valence-electron chi connectivity index (χ3n) is 2.98. The molecule has 0 saturated carbocycles. The van der Waals surface area contributed by atoms with Crippen molar-refractivity contribution < 1.29 is 0 Å². The Labute approximate surface area is 113 Å². The van der Waals surface area contributed by atoms with Crippen LogP contribution in [0.2, 0.25) is 0 Å². The van der Waals surface area contributed by atoms with Crippen LogP contribution in [0, 0.1) is 20.8 Å². The van der Waals surface area contributed by atoms with E-state index >= 15 is 0 Å². The van der Waals surface area contributed by atoms with Crippen LogP contribution in [0.1, 0.15) is 17.1 Å². The largest absolute Gasteiger partial charge is 0.344 e. The second-order valence-electron chi connectivity index (χ2n) is 4.77. The van der Waals surface area contributed by atoms with E-state index in [1.807, 2.05) is 19.9 Å². The number of hydrogen-bond donors (Lipinski definition) is 2. The molecule has 20 heavy (non-hydrogen) atoms. The molecule has 0 spiro atoms. The number of hydrogen-bond acceptors (Lipinski definition) is 4. The normalized spacial score (nSPS) is 11.2. The number of pyridine rings is 1. The molecule has 0 saturated heterocycles. The Morgan fingerprint density at radius 3 is 2.35 bits per heavy atom. The van der Waals surface area contributed by atoms with Gasteiger partial charge in [0.15, 0.2) is 5.43 Å². The fraction of sp³-hybridized carbons (Fsp3) is 0.231. The zero-order valence-electron chi connectivity index (χ0n) is 11.3. The number of rotatable bonds is 1. The first kappa shape index (κ1) is 12.3. The Morgan fingerprint density at radius 2 is 1.70 bits per heavy atom. The Morgan fingerprint density at radius 1 is 1.05 bits per heavy atom. The van der Waals surface area contributed by atoms with Crippen LogP contribution in [-0.2, 0) is 0 Å². The van der Waals surface area contributed by atoms with Crippen LogP contribution >= 0.6 is 0 Å². The van der Waals surface area contributed by atoms with Crippen LogP contribution in [0.5, 0.6) is 0 Å². The first-order valence-corrected chi connectivity index (χ1v) is 6.13. The molecule has 2 N–H and O–H groups in total. The lowest BCUT2D eigenvalue weighted by Crippen LogP contribution is -2.20. The third kappa shape index (κ3) is 1.83. The summed E-state index contributed by atoms with van der Waals surface area (Å²) in [6.45, 7) is 5.39. The van der Waals surface area contributed by atoms with Gasteiger partial charge in [-0.3, -0.25) is 14.7 Å². The topological polar surface area (TPSA) is 96.4 Å². The molecule has 0 radical (unpaired) electrons. The van der Waals surface area contributed by atoms with Crippen molar-refractivity contribution in [1.82, 2.24) is 24.7 Å². The quantitative estimate of drug-likeness (QED) is 0.681. The predicted molar refractivity (Wildman–Crippen MR) is 74.3 cm³/mol. The first-order valence-electron chi connectivity index (χ1n) is 6.13. The van der Waals surface area contributed by atoms with Gasteiger partial charge < -0.3 is 4.98 Å². The monoisotopic (exact) mass is 271 g/mol. The van der Waals surface area contributed by atoms with Gasteiger partial charge in [0.05, 0.1) is 0 Å². The van der Waals surface area contributed by atoms with Gasteiger partial charge in [-0.05, 0) is 26.8 Å². The van der Waals surface area contributed by atoms with E-state index in [4.69, 9.17) is 0 Å². The second-order valence-corrected chi connectivity index (χ2v) is 4.77. The zero-order chi connectivity index (χ0) is 14.4. The van der Waals surface area contributed by atoms with E-state index < -0.39 is 5.56 Å². The smallest absolute Gasteiger partial charge is 0.287 e. The molecule has 0 aromatic carbocycles. The molecule has 0 atom stereocenters. The molecule has 0 aliphatic rings. The summed E-state index contributed by atoms with van der Waals surface area (Å²) in [7, 11) is 0. The van der Waals surface area contributed by atoms with Gasteiger partial charge in [0.1, 0.15) is 11.0 Å². The second kappa shape index (κ2) is 4.16.